The number of fused-ring (bicyclic) bond motifs is 10. The number of para-hydroxylation sites is 7. The molecule has 0 saturated heterocycles. The predicted molar refractivity (Wildman–Crippen MR) is 353 cm³/mol. The second kappa shape index (κ2) is 20.0. The molecule has 0 spiro atoms. The molecule has 0 N–H and O–H groups in total. The van der Waals surface area contributed by atoms with Crippen LogP contribution in [-0.4, -0.2) is 32.4 Å². The number of benzene rings is 10. The lowest BCUT2D eigenvalue weighted by Crippen LogP contribution is -2.24. The summed E-state index contributed by atoms with van der Waals surface area (Å²) in [6.45, 7) is 16.9. The third kappa shape index (κ3) is 8.12. The Labute approximate surface area is 490 Å². The van der Waals surface area contributed by atoms with Crippen LogP contribution >= 0.6 is 0 Å². The fourth-order valence-electron chi connectivity index (χ4n) is 13.7. The minimum atomic E-state index is 0.315. The van der Waals surface area contributed by atoms with Crippen LogP contribution in [0, 0.1) is 6.92 Å². The number of hydrogen-bond donors (Lipinski definition) is 0. The predicted octanol–water partition coefficient (Wildman–Crippen LogP) is 20.7. The summed E-state index contributed by atoms with van der Waals surface area (Å²) in [6.07, 6.45) is 2.11. The van der Waals surface area contributed by atoms with Gasteiger partial charge >= 0.3 is 0 Å². The fourth-order valence-corrected chi connectivity index (χ4v) is 13.7. The maximum atomic E-state index is 7.25. The zero-order valence-electron chi connectivity index (χ0n) is 48.9. The number of rotatable bonds is 11. The lowest BCUT2D eigenvalue weighted by Gasteiger charge is -2.26. The normalized spacial score (nSPS) is 12.8. The number of aromatic nitrogens is 4. The fraction of sp³-hybridized carbons (Fsp3) is 0.156. The van der Waals surface area contributed by atoms with Gasteiger partial charge in [-0.2, -0.15) is 0 Å². The standard InChI is InChI=1S/C77H66N6O/c1-47(2)51-41-62(48(3)4)76(63(42-51)49(5)6)52-39-53(80-46-79(8)70-32-19-20-33-71(70)80)43-55(40-52)84-54-36-37-61-60-26-13-18-31-69(60)83(74(61)44-54)75-38-50(7)64(45-78-75)77-72(81-65-27-14-9-22-56(65)57-23-10-15-28-66(57)81)34-21-35-73(77)82-67-29-16-11-24-58(67)59-25-12-17-30-68(59)82/h9-45,47-49H,46H2,1-8H3. The van der Waals surface area contributed by atoms with Crippen molar-refractivity contribution >= 4 is 82.5 Å². The zero-order valence-corrected chi connectivity index (χ0v) is 48.9. The number of anilines is 3. The van der Waals surface area contributed by atoms with Gasteiger partial charge in [0.25, 0.3) is 0 Å². The summed E-state index contributed by atoms with van der Waals surface area (Å²) in [4.78, 5) is 10.3. The van der Waals surface area contributed by atoms with E-state index in [1.54, 1.807) is 0 Å². The van der Waals surface area contributed by atoms with Gasteiger partial charge in [0, 0.05) is 74.5 Å². The lowest BCUT2D eigenvalue weighted by molar-refractivity contribution is 0.483. The van der Waals surface area contributed by atoms with E-state index in [0.29, 0.717) is 17.8 Å². The van der Waals surface area contributed by atoms with Crippen LogP contribution in [-0.2, 0) is 0 Å². The van der Waals surface area contributed by atoms with Crippen molar-refractivity contribution in [3.8, 4) is 50.9 Å². The summed E-state index contributed by atoms with van der Waals surface area (Å²) in [5.41, 5.74) is 22.2. The Morgan fingerprint density at radius 1 is 0.405 bits per heavy atom. The molecule has 4 aromatic heterocycles. The molecule has 0 amide bonds. The van der Waals surface area contributed by atoms with Gasteiger partial charge in [-0.3, -0.25) is 4.57 Å². The van der Waals surface area contributed by atoms with Crippen molar-refractivity contribution in [2.24, 2.45) is 0 Å². The SMILES string of the molecule is Cc1cc(-n2c3ccccc3c3ccc(Oc4cc(-c5c(C(C)C)cc(C(C)C)cc5C(C)C)cc(N5CN(C)c6ccccc65)c4)cc32)ncc1-c1c(-n2c3ccccc3c3ccccc32)cccc1-n1c2ccccc2c2ccccc21. The van der Waals surface area contributed by atoms with Crippen molar-refractivity contribution in [1.29, 1.82) is 0 Å². The van der Waals surface area contributed by atoms with E-state index in [2.05, 4.69) is 304 Å². The highest BCUT2D eigenvalue weighted by atomic mass is 16.5. The molecule has 10 aromatic carbocycles. The van der Waals surface area contributed by atoms with Crippen LogP contribution in [0.15, 0.2) is 225 Å². The highest BCUT2D eigenvalue weighted by molar-refractivity contribution is 6.13. The first-order valence-electron chi connectivity index (χ1n) is 29.7. The van der Waals surface area contributed by atoms with Gasteiger partial charge in [-0.15, -0.1) is 0 Å². The van der Waals surface area contributed by atoms with E-state index in [9.17, 15) is 0 Å². The smallest absolute Gasteiger partial charge is 0.137 e. The van der Waals surface area contributed by atoms with Crippen molar-refractivity contribution in [3.63, 3.8) is 0 Å². The van der Waals surface area contributed by atoms with Gasteiger partial charge < -0.3 is 23.7 Å². The molecule has 14 aromatic rings. The Bertz CT molecular complexity index is 4680. The van der Waals surface area contributed by atoms with E-state index in [1.165, 1.54) is 55.2 Å². The molecule has 410 valence electrons. The molecule has 0 unspecified atom stereocenters. The molecule has 7 heteroatoms. The summed E-state index contributed by atoms with van der Waals surface area (Å²) in [5, 5.41) is 7.16. The maximum absolute atomic E-state index is 7.25. The first kappa shape index (κ1) is 51.1. The number of pyridine rings is 1. The first-order chi connectivity index (χ1) is 41.0. The molecule has 1 aliphatic heterocycles. The van der Waals surface area contributed by atoms with Gasteiger partial charge in [0.1, 0.15) is 17.3 Å². The number of aryl methyl sites for hydroxylation is 1. The molecule has 1 aliphatic rings. The summed E-state index contributed by atoms with van der Waals surface area (Å²) >= 11 is 0. The molecule has 0 fully saturated rings. The molecule has 0 atom stereocenters. The number of ether oxygens (including phenoxy) is 1. The monoisotopic (exact) mass is 1090 g/mol. The van der Waals surface area contributed by atoms with Gasteiger partial charge in [0.05, 0.1) is 62.5 Å². The zero-order chi connectivity index (χ0) is 57.1. The molecular formula is C77H66N6O. The second-order valence-corrected chi connectivity index (χ2v) is 23.9. The van der Waals surface area contributed by atoms with Crippen LogP contribution in [0.4, 0.5) is 17.1 Å². The molecule has 0 bridgehead atoms. The number of hydrogen-bond acceptors (Lipinski definition) is 4. The molecule has 0 aliphatic carbocycles. The van der Waals surface area contributed by atoms with E-state index in [-0.39, 0.29) is 0 Å². The largest absolute Gasteiger partial charge is 0.457 e. The van der Waals surface area contributed by atoms with Gasteiger partial charge in [0.15, 0.2) is 0 Å². The van der Waals surface area contributed by atoms with Crippen LogP contribution in [0.1, 0.15) is 81.5 Å². The highest BCUT2D eigenvalue weighted by Crippen LogP contribution is 2.48. The van der Waals surface area contributed by atoms with Gasteiger partial charge in [-0.05, 0) is 143 Å². The second-order valence-electron chi connectivity index (χ2n) is 23.9. The first-order valence-corrected chi connectivity index (χ1v) is 29.7. The Morgan fingerprint density at radius 3 is 1.39 bits per heavy atom. The highest BCUT2D eigenvalue weighted by Gasteiger charge is 2.28. The van der Waals surface area contributed by atoms with E-state index in [4.69, 9.17) is 9.72 Å². The average Bonchev–Trinajstić information content (AvgIpc) is 3.87. The third-order valence-electron chi connectivity index (χ3n) is 17.7. The van der Waals surface area contributed by atoms with E-state index >= 15 is 0 Å². The van der Waals surface area contributed by atoms with Crippen molar-refractivity contribution in [2.45, 2.75) is 66.2 Å². The Kier molecular flexibility index (Phi) is 12.1. The molecular weight excluding hydrogens is 1020 g/mol. The molecule has 15 rings (SSSR count). The Morgan fingerprint density at radius 2 is 0.881 bits per heavy atom. The van der Waals surface area contributed by atoms with Gasteiger partial charge in [0.2, 0.25) is 0 Å². The van der Waals surface area contributed by atoms with Crippen LogP contribution < -0.4 is 14.5 Å². The molecule has 84 heavy (non-hydrogen) atoms. The molecule has 0 saturated carbocycles. The van der Waals surface area contributed by atoms with Crippen molar-refractivity contribution in [2.75, 3.05) is 23.5 Å². The van der Waals surface area contributed by atoms with E-state index in [0.717, 1.165) is 107 Å². The quantitative estimate of drug-likeness (QED) is 0.129. The van der Waals surface area contributed by atoms with Crippen LogP contribution in [0.3, 0.4) is 0 Å². The summed E-state index contributed by atoms with van der Waals surface area (Å²) in [7, 11) is 2.17. The third-order valence-corrected chi connectivity index (χ3v) is 17.7. The van der Waals surface area contributed by atoms with E-state index < -0.39 is 0 Å². The summed E-state index contributed by atoms with van der Waals surface area (Å²) < 4.78 is 14.5. The van der Waals surface area contributed by atoms with Gasteiger partial charge in [-0.25, -0.2) is 4.98 Å². The Balaban J connectivity index is 0.908. The van der Waals surface area contributed by atoms with Crippen LogP contribution in [0.25, 0.3) is 105 Å². The van der Waals surface area contributed by atoms with Crippen molar-refractivity contribution in [1.82, 2.24) is 18.7 Å². The average molecular weight is 1090 g/mol. The summed E-state index contributed by atoms with van der Waals surface area (Å²) in [6, 6.07) is 79.9. The van der Waals surface area contributed by atoms with Crippen molar-refractivity contribution < 1.29 is 4.74 Å². The van der Waals surface area contributed by atoms with Crippen molar-refractivity contribution in [3.05, 3.63) is 247 Å². The lowest BCUT2D eigenvalue weighted by atomic mass is 9.81. The topological polar surface area (TPSA) is 43.4 Å². The summed E-state index contributed by atoms with van der Waals surface area (Å²) in [5.74, 6) is 3.42. The molecule has 5 heterocycles. The molecule has 0 radical (unpaired) electrons. The van der Waals surface area contributed by atoms with E-state index in [1.807, 2.05) is 0 Å². The van der Waals surface area contributed by atoms with Crippen LogP contribution in [0.5, 0.6) is 11.5 Å². The maximum Gasteiger partial charge on any atom is 0.137 e. The molecule has 7 nitrogen and oxygen atoms in total. The van der Waals surface area contributed by atoms with Crippen LogP contribution in [0.2, 0.25) is 0 Å². The minimum absolute atomic E-state index is 0.315. The number of nitrogens with zero attached hydrogens (tertiary/aromatic N) is 6. The minimum Gasteiger partial charge on any atom is -0.457 e. The Hall–Kier alpha value is -9.85. The van der Waals surface area contributed by atoms with Gasteiger partial charge in [-0.1, -0.05) is 163 Å².